The Morgan fingerprint density at radius 3 is 1.93 bits per heavy atom. The van der Waals surface area contributed by atoms with Crippen LogP contribution in [0.25, 0.3) is 10.6 Å². The monoisotopic (exact) mass is 710 g/mol. The Morgan fingerprint density at radius 2 is 1.46 bits per heavy atom. The van der Waals surface area contributed by atoms with Gasteiger partial charge >= 0.3 is 0 Å². The largest absolute Gasteiger partial charge is 0.674 e. The van der Waals surface area contributed by atoms with Crippen molar-refractivity contribution in [3.8, 4) is 0 Å². The molecule has 1 aromatic heterocycles. The molecule has 8 nitrogen and oxygen atoms in total. The van der Waals surface area contributed by atoms with E-state index in [0.717, 1.165) is 62.1 Å². The maximum absolute atomic E-state index is 8.40. The number of pyridine rings is 1. The Bertz CT molecular complexity index is 1110. The van der Waals surface area contributed by atoms with E-state index in [2.05, 4.69) is 46.6 Å². The Labute approximate surface area is 305 Å². The van der Waals surface area contributed by atoms with Crippen molar-refractivity contribution in [2.24, 2.45) is 29.1 Å². The van der Waals surface area contributed by atoms with Crippen LogP contribution >= 0.6 is 0 Å². The van der Waals surface area contributed by atoms with Crippen LogP contribution in [0.3, 0.4) is 0 Å². The molecule has 1 radical (unpaired) electrons. The third-order valence-electron chi connectivity index (χ3n) is 12.4. The number of hydrogen-bond donors (Lipinski definition) is 3. The van der Waals surface area contributed by atoms with Crippen LogP contribution in [0.4, 0.5) is 11.5 Å². The van der Waals surface area contributed by atoms with Gasteiger partial charge in [-0.05, 0) is 125 Å². The Morgan fingerprint density at radius 1 is 0.870 bits per heavy atom. The molecule has 255 valence electrons. The molecule has 8 saturated carbocycles. The zero-order valence-electron chi connectivity index (χ0n) is 29.4. The van der Waals surface area contributed by atoms with E-state index in [1.807, 2.05) is 20.3 Å². The molecule has 0 aliphatic heterocycles. The number of anilines is 1. The molecule has 8 bridgehead atoms. The van der Waals surface area contributed by atoms with Crippen LogP contribution in [0, 0.1) is 35.7 Å². The molecule has 8 fully saturated rings. The molecule has 0 saturated heterocycles. The van der Waals surface area contributed by atoms with Crippen molar-refractivity contribution in [3.05, 3.63) is 35.5 Å². The third kappa shape index (κ3) is 8.55. The number of nitrogens with one attached hydrogen (secondary N) is 4. The summed E-state index contributed by atoms with van der Waals surface area (Å²) in [6, 6.07) is 3.72. The molecule has 46 heavy (non-hydrogen) atoms. The van der Waals surface area contributed by atoms with Gasteiger partial charge in [-0.3, -0.25) is 4.98 Å². The SMILES string of the molecule is CCC([NH-])C12CC3CC(CC(OC)(C3)C1)C2.CCNC12CC3CC(C1)CC(OC)(C3)C2.[C-]#[N+]c1ccc(NCCNCC)nc1.[Y]. The van der Waals surface area contributed by atoms with E-state index < -0.39 is 0 Å². The van der Waals surface area contributed by atoms with Crippen molar-refractivity contribution >= 4 is 11.5 Å². The standard InChI is InChI=1S/C14H24NO.C13H23NO.C10H14N4.Y/c1-3-12(15)13-5-10-4-11(6-13)8-14(7-10,9-13)16-2;1-3-14-12-5-10-4-11(6-12)8-13(7-10,9-12)15-2;1-3-12-6-7-13-10-5-4-9(11-2)8-14-10;/h10-12,15H,3-9H2,1-2H3;10-11,14H,3-9H2,1-2H3;4-5,8,12H,3,6-7H2,1H3,(H,13,14);/q-1;;;. The molecule has 1 aromatic rings. The minimum atomic E-state index is 0. The second-order valence-corrected chi connectivity index (χ2v) is 15.6. The summed E-state index contributed by atoms with van der Waals surface area (Å²) < 4.78 is 11.8. The summed E-state index contributed by atoms with van der Waals surface area (Å²) in [6.45, 7) is 17.1. The van der Waals surface area contributed by atoms with Crippen LogP contribution in [-0.2, 0) is 42.2 Å². The Balaban J connectivity index is 0.000000155. The van der Waals surface area contributed by atoms with Gasteiger partial charge in [-0.25, -0.2) is 4.85 Å². The van der Waals surface area contributed by atoms with E-state index in [-0.39, 0.29) is 50.0 Å². The van der Waals surface area contributed by atoms with E-state index in [1.54, 1.807) is 12.3 Å². The molecular formula is C37H61N6O2Y-. The molecule has 5 unspecified atom stereocenters. The molecule has 5 atom stereocenters. The maximum atomic E-state index is 8.40. The van der Waals surface area contributed by atoms with Crippen molar-refractivity contribution in [1.82, 2.24) is 15.6 Å². The second kappa shape index (κ2) is 16.4. The number of hydrogen-bond acceptors (Lipinski definition) is 6. The fraction of sp³-hybridized carbons (Fsp3) is 0.838. The number of aromatic nitrogens is 1. The molecule has 4 N–H and O–H groups in total. The molecule has 9 rings (SSSR count). The van der Waals surface area contributed by atoms with Crippen LogP contribution in [0.1, 0.15) is 104 Å². The van der Waals surface area contributed by atoms with Gasteiger partial charge in [0.2, 0.25) is 5.69 Å². The van der Waals surface area contributed by atoms with Gasteiger partial charge in [-0.15, -0.1) is 6.04 Å². The number of nitrogens with zero attached hydrogens (tertiary/aromatic N) is 2. The van der Waals surface area contributed by atoms with Crippen molar-refractivity contribution in [2.45, 2.75) is 127 Å². The van der Waals surface area contributed by atoms with Gasteiger partial charge in [0, 0.05) is 71.8 Å². The van der Waals surface area contributed by atoms with Crippen LogP contribution in [0.5, 0.6) is 0 Å². The molecule has 8 aliphatic carbocycles. The smallest absolute Gasteiger partial charge is 0.205 e. The molecule has 0 amide bonds. The van der Waals surface area contributed by atoms with E-state index >= 15 is 0 Å². The first-order valence-corrected chi connectivity index (χ1v) is 18.0. The number of likely N-dealkylation sites (N-methyl/N-ethyl adjacent to an activating group) is 1. The summed E-state index contributed by atoms with van der Waals surface area (Å²) in [5, 5.41) is 10.1. The first-order chi connectivity index (χ1) is 21.7. The van der Waals surface area contributed by atoms with Crippen LogP contribution in [0.15, 0.2) is 18.3 Å². The first kappa shape index (κ1) is 38.2. The van der Waals surface area contributed by atoms with E-state index in [1.165, 1.54) is 77.0 Å². The van der Waals surface area contributed by atoms with Gasteiger partial charge in [0.15, 0.2) is 0 Å². The number of rotatable bonds is 11. The fourth-order valence-corrected chi connectivity index (χ4v) is 11.3. The van der Waals surface area contributed by atoms with Crippen molar-refractivity contribution in [1.29, 1.82) is 0 Å². The van der Waals surface area contributed by atoms with E-state index in [9.17, 15) is 0 Å². The fourth-order valence-electron chi connectivity index (χ4n) is 11.3. The Kier molecular flexibility index (Phi) is 13.6. The van der Waals surface area contributed by atoms with Crippen LogP contribution in [-0.4, -0.2) is 68.2 Å². The predicted octanol–water partition coefficient (Wildman–Crippen LogP) is 7.79. The van der Waals surface area contributed by atoms with Crippen molar-refractivity contribution < 1.29 is 42.2 Å². The average Bonchev–Trinajstić information content (AvgIpc) is 3.02. The molecule has 9 heteroatoms. The minimum Gasteiger partial charge on any atom is -0.674 e. The number of methoxy groups -OCH3 is 2. The zero-order chi connectivity index (χ0) is 32.1. The summed E-state index contributed by atoms with van der Waals surface area (Å²) in [5.74, 6) is 4.41. The summed E-state index contributed by atoms with van der Waals surface area (Å²) in [4.78, 5) is 7.36. The summed E-state index contributed by atoms with van der Waals surface area (Å²) in [5.41, 5.74) is 10.1. The molecule has 1 heterocycles. The van der Waals surface area contributed by atoms with Gasteiger partial charge in [0.1, 0.15) is 5.82 Å². The van der Waals surface area contributed by atoms with Gasteiger partial charge in [-0.1, -0.05) is 33.3 Å². The van der Waals surface area contributed by atoms with E-state index in [4.69, 9.17) is 21.8 Å². The maximum Gasteiger partial charge on any atom is 0.205 e. The Hall–Kier alpha value is -0.656. The minimum absolute atomic E-state index is 0. The summed E-state index contributed by atoms with van der Waals surface area (Å²) in [6.07, 6.45) is 18.6. The first-order valence-electron chi connectivity index (χ1n) is 18.0. The molecule has 0 aromatic carbocycles. The van der Waals surface area contributed by atoms with Gasteiger partial charge in [0.05, 0.1) is 17.8 Å². The van der Waals surface area contributed by atoms with Gasteiger partial charge in [-0.2, -0.15) is 0 Å². The topological polar surface area (TPSA) is 95.6 Å². The molecule has 0 spiro atoms. The van der Waals surface area contributed by atoms with Crippen LogP contribution in [0.2, 0.25) is 0 Å². The quantitative estimate of drug-likeness (QED) is 0.160. The van der Waals surface area contributed by atoms with E-state index in [0.29, 0.717) is 16.6 Å². The summed E-state index contributed by atoms with van der Waals surface area (Å²) >= 11 is 0. The average molecular weight is 711 g/mol. The van der Waals surface area contributed by atoms with Gasteiger partial charge < -0.3 is 31.2 Å². The second-order valence-electron chi connectivity index (χ2n) is 15.6. The molecule has 8 aliphatic rings. The predicted molar refractivity (Wildman–Crippen MR) is 184 cm³/mol. The zero-order valence-corrected chi connectivity index (χ0v) is 32.3. The number of ether oxygens (including phenoxy) is 2. The van der Waals surface area contributed by atoms with Crippen LogP contribution < -0.4 is 16.0 Å². The van der Waals surface area contributed by atoms with Crippen molar-refractivity contribution in [3.63, 3.8) is 0 Å². The third-order valence-corrected chi connectivity index (χ3v) is 12.4. The van der Waals surface area contributed by atoms with Gasteiger partial charge in [0.25, 0.3) is 0 Å². The molecular weight excluding hydrogens is 649 g/mol. The van der Waals surface area contributed by atoms with Crippen molar-refractivity contribution in [2.75, 3.05) is 45.7 Å². The normalized spacial score (nSPS) is 38.0. The summed E-state index contributed by atoms with van der Waals surface area (Å²) in [7, 11) is 3.82.